The minimum atomic E-state index is -3.72. The zero-order valence-electron chi connectivity index (χ0n) is 23.1. The van der Waals surface area contributed by atoms with E-state index >= 15 is 0 Å². The Morgan fingerprint density at radius 2 is 1.23 bits per heavy atom. The van der Waals surface area contributed by atoms with Crippen molar-refractivity contribution in [3.63, 3.8) is 0 Å². The van der Waals surface area contributed by atoms with E-state index in [1.807, 2.05) is 91.0 Å². The fourth-order valence-electron chi connectivity index (χ4n) is 4.72. The molecule has 3 aromatic rings. The summed E-state index contributed by atoms with van der Waals surface area (Å²) in [7, 11) is -3.72. The maximum absolute atomic E-state index is 13.6. The summed E-state index contributed by atoms with van der Waals surface area (Å²) in [6.07, 6.45) is -2.87. The molecule has 9 heteroatoms. The Morgan fingerprint density at radius 1 is 0.750 bits per heavy atom. The van der Waals surface area contributed by atoms with E-state index in [1.54, 1.807) is 13.8 Å². The van der Waals surface area contributed by atoms with E-state index < -0.39 is 37.9 Å². The van der Waals surface area contributed by atoms with E-state index in [0.29, 0.717) is 6.61 Å². The molecule has 1 N–H and O–H groups in total. The SMILES string of the molecule is CCOP(=O)(C[C@]1(O)O[C@H](COCc2ccccc2)[C@@H](OCc2ccccc2)[C@@H]1OCc1ccccc1)OCC. The molecule has 1 heterocycles. The highest BCUT2D eigenvalue weighted by molar-refractivity contribution is 7.53. The summed E-state index contributed by atoms with van der Waals surface area (Å²) in [6.45, 7) is 4.68. The highest BCUT2D eigenvalue weighted by atomic mass is 31.2. The first kappa shape index (κ1) is 30.6. The Balaban J connectivity index is 1.60. The first-order valence-electron chi connectivity index (χ1n) is 13.7. The molecule has 216 valence electrons. The van der Waals surface area contributed by atoms with Crippen molar-refractivity contribution in [1.82, 2.24) is 0 Å². The lowest BCUT2D eigenvalue weighted by Crippen LogP contribution is -2.48. The zero-order chi connectivity index (χ0) is 28.3. The van der Waals surface area contributed by atoms with Gasteiger partial charge in [-0.05, 0) is 30.5 Å². The maximum Gasteiger partial charge on any atom is 0.336 e. The Bertz CT molecular complexity index is 1170. The van der Waals surface area contributed by atoms with E-state index in [0.717, 1.165) is 16.7 Å². The van der Waals surface area contributed by atoms with E-state index in [4.69, 9.17) is 28.0 Å². The quantitative estimate of drug-likeness (QED) is 0.219. The van der Waals surface area contributed by atoms with E-state index in [9.17, 15) is 9.67 Å². The van der Waals surface area contributed by atoms with Crippen LogP contribution in [0.25, 0.3) is 0 Å². The van der Waals surface area contributed by atoms with E-state index in [-0.39, 0.29) is 33.0 Å². The van der Waals surface area contributed by atoms with Crippen molar-refractivity contribution in [2.45, 2.75) is 57.8 Å². The predicted molar refractivity (Wildman–Crippen MR) is 152 cm³/mol. The summed E-state index contributed by atoms with van der Waals surface area (Å²) in [5, 5.41) is 12.0. The number of hydrogen-bond acceptors (Lipinski definition) is 8. The zero-order valence-corrected chi connectivity index (χ0v) is 24.0. The summed E-state index contributed by atoms with van der Waals surface area (Å²) >= 11 is 0. The fraction of sp³-hybridized carbons (Fsp3) is 0.419. The lowest BCUT2D eigenvalue weighted by atomic mass is 10.1. The molecular weight excluding hydrogens is 531 g/mol. The van der Waals surface area contributed by atoms with Crippen LogP contribution >= 0.6 is 7.60 Å². The van der Waals surface area contributed by atoms with Crippen molar-refractivity contribution >= 4 is 7.60 Å². The molecule has 0 bridgehead atoms. The number of hydrogen-bond donors (Lipinski definition) is 1. The van der Waals surface area contributed by atoms with Crippen molar-refractivity contribution < 1.29 is 37.7 Å². The van der Waals surface area contributed by atoms with Gasteiger partial charge in [0.1, 0.15) is 24.5 Å². The molecule has 4 atom stereocenters. The average molecular weight is 571 g/mol. The molecule has 0 unspecified atom stereocenters. The average Bonchev–Trinajstić information content (AvgIpc) is 3.21. The second-order valence-corrected chi connectivity index (χ2v) is 11.6. The molecule has 1 aliphatic rings. The van der Waals surface area contributed by atoms with E-state index in [2.05, 4.69) is 0 Å². The third-order valence-electron chi connectivity index (χ3n) is 6.49. The van der Waals surface area contributed by atoms with Crippen molar-refractivity contribution in [3.05, 3.63) is 108 Å². The minimum Gasteiger partial charge on any atom is -0.374 e. The highest BCUT2D eigenvalue weighted by Gasteiger charge is 2.59. The summed E-state index contributed by atoms with van der Waals surface area (Å²) in [6, 6.07) is 29.1. The van der Waals surface area contributed by atoms with Crippen molar-refractivity contribution in [2.24, 2.45) is 0 Å². The first-order valence-corrected chi connectivity index (χ1v) is 15.4. The minimum absolute atomic E-state index is 0.120. The van der Waals surface area contributed by atoms with Crippen LogP contribution in [0.15, 0.2) is 91.0 Å². The van der Waals surface area contributed by atoms with Gasteiger partial charge in [-0.1, -0.05) is 91.0 Å². The van der Waals surface area contributed by atoms with Crippen LogP contribution in [0.4, 0.5) is 0 Å². The normalized spacial score (nSPS) is 22.9. The first-order chi connectivity index (χ1) is 19.4. The summed E-state index contributed by atoms with van der Waals surface area (Å²) < 4.78 is 49.5. The van der Waals surface area contributed by atoms with Crippen LogP contribution < -0.4 is 0 Å². The molecule has 1 aliphatic heterocycles. The molecule has 40 heavy (non-hydrogen) atoms. The Kier molecular flexibility index (Phi) is 11.5. The van der Waals surface area contributed by atoms with Gasteiger partial charge in [0.05, 0.1) is 39.6 Å². The smallest absolute Gasteiger partial charge is 0.336 e. The molecule has 0 aliphatic carbocycles. The Labute approximate surface area is 236 Å². The molecule has 0 amide bonds. The van der Waals surface area contributed by atoms with Crippen LogP contribution in [0.1, 0.15) is 30.5 Å². The molecule has 1 fully saturated rings. The Morgan fingerprint density at radius 3 is 1.73 bits per heavy atom. The largest absolute Gasteiger partial charge is 0.374 e. The predicted octanol–water partition coefficient (Wildman–Crippen LogP) is 5.73. The monoisotopic (exact) mass is 570 g/mol. The number of rotatable bonds is 16. The third kappa shape index (κ3) is 8.56. The van der Waals surface area contributed by atoms with Gasteiger partial charge in [-0.25, -0.2) is 0 Å². The lowest BCUT2D eigenvalue weighted by Gasteiger charge is -2.32. The molecule has 0 aromatic heterocycles. The number of aliphatic hydroxyl groups is 1. The van der Waals surface area contributed by atoms with Gasteiger partial charge in [0.15, 0.2) is 0 Å². The number of benzene rings is 3. The molecule has 4 rings (SSSR count). The van der Waals surface area contributed by atoms with Crippen LogP contribution in [0.3, 0.4) is 0 Å². The van der Waals surface area contributed by atoms with Gasteiger partial charge < -0.3 is 33.1 Å². The van der Waals surface area contributed by atoms with Gasteiger partial charge in [-0.15, -0.1) is 0 Å². The van der Waals surface area contributed by atoms with Gasteiger partial charge in [-0.2, -0.15) is 0 Å². The second-order valence-electron chi connectivity index (χ2n) is 9.58. The van der Waals surface area contributed by atoms with Crippen molar-refractivity contribution in [2.75, 3.05) is 26.0 Å². The van der Waals surface area contributed by atoms with Crippen LogP contribution in [0.2, 0.25) is 0 Å². The van der Waals surface area contributed by atoms with Crippen molar-refractivity contribution in [1.29, 1.82) is 0 Å². The summed E-state index contributed by atoms with van der Waals surface area (Å²) in [4.78, 5) is 0. The molecule has 0 saturated carbocycles. The lowest BCUT2D eigenvalue weighted by molar-refractivity contribution is -0.230. The molecule has 3 aromatic carbocycles. The second kappa shape index (κ2) is 15.0. The van der Waals surface area contributed by atoms with Crippen molar-refractivity contribution in [3.8, 4) is 0 Å². The van der Waals surface area contributed by atoms with Gasteiger partial charge in [0.2, 0.25) is 5.79 Å². The summed E-state index contributed by atoms with van der Waals surface area (Å²) in [5.41, 5.74) is 2.87. The topological polar surface area (TPSA) is 92.7 Å². The molecule has 8 nitrogen and oxygen atoms in total. The third-order valence-corrected chi connectivity index (χ3v) is 8.63. The van der Waals surface area contributed by atoms with Gasteiger partial charge in [0.25, 0.3) is 0 Å². The molecule has 0 radical (unpaired) electrons. The van der Waals surface area contributed by atoms with E-state index in [1.165, 1.54) is 0 Å². The summed E-state index contributed by atoms with van der Waals surface area (Å²) in [5.74, 6) is -2.02. The highest BCUT2D eigenvalue weighted by Crippen LogP contribution is 2.53. The van der Waals surface area contributed by atoms with Crippen LogP contribution in [0.5, 0.6) is 0 Å². The molecule has 1 saturated heterocycles. The van der Waals surface area contributed by atoms with Crippen LogP contribution in [0, 0.1) is 0 Å². The Hall–Kier alpha value is -2.39. The van der Waals surface area contributed by atoms with Crippen LogP contribution in [-0.4, -0.2) is 55.2 Å². The number of ether oxygens (including phenoxy) is 4. The van der Waals surface area contributed by atoms with Crippen LogP contribution in [-0.2, 0) is 52.4 Å². The van der Waals surface area contributed by atoms with Gasteiger partial charge >= 0.3 is 7.60 Å². The van der Waals surface area contributed by atoms with Gasteiger partial charge in [0, 0.05) is 0 Å². The fourth-order valence-corrected chi connectivity index (χ4v) is 6.57. The molecular formula is C31H39O8P. The standard InChI is InChI=1S/C31H39O8P/c1-3-37-40(33,38-4-2)24-31(32)30(36-22-27-18-12-7-13-19-27)29(35-21-26-16-10-6-11-17-26)28(39-31)23-34-20-25-14-8-5-9-15-25/h5-19,28-30,32H,3-4,20-24H2,1-2H3/t28-,29-,30+,31+/m1/s1. The molecule has 0 spiro atoms. The van der Waals surface area contributed by atoms with Gasteiger partial charge in [-0.3, -0.25) is 4.57 Å². The maximum atomic E-state index is 13.6.